The minimum Gasteiger partial charge on any atom is -0.468 e. The van der Waals surface area contributed by atoms with Gasteiger partial charge in [0.25, 0.3) is 0 Å². The lowest BCUT2D eigenvalue weighted by Crippen LogP contribution is -2.37. The predicted octanol–water partition coefficient (Wildman–Crippen LogP) is 1.10. The molecule has 0 saturated carbocycles. The van der Waals surface area contributed by atoms with Crippen molar-refractivity contribution in [2.45, 2.75) is 19.9 Å². The molecule has 0 amide bonds. The molecule has 0 aliphatic carbocycles. The number of ether oxygens (including phenoxy) is 1. The van der Waals surface area contributed by atoms with Crippen LogP contribution in [0.4, 0.5) is 11.6 Å². The van der Waals surface area contributed by atoms with Crippen molar-refractivity contribution < 1.29 is 9.53 Å². The molecule has 0 radical (unpaired) electrons. The molecular formula is C10H15ClN4O2. The van der Waals surface area contributed by atoms with Crippen LogP contribution in [0, 0.1) is 0 Å². The van der Waals surface area contributed by atoms with Crippen molar-refractivity contribution in [1.29, 1.82) is 0 Å². The van der Waals surface area contributed by atoms with E-state index in [1.807, 2.05) is 13.8 Å². The van der Waals surface area contributed by atoms with Gasteiger partial charge >= 0.3 is 5.97 Å². The summed E-state index contributed by atoms with van der Waals surface area (Å²) in [5, 5.41) is 0.241. The van der Waals surface area contributed by atoms with Gasteiger partial charge in [-0.2, -0.15) is 0 Å². The normalized spacial score (nSPS) is 10.4. The van der Waals surface area contributed by atoms with E-state index in [9.17, 15) is 4.79 Å². The number of carbonyl (C=O) groups is 1. The Morgan fingerprint density at radius 3 is 2.76 bits per heavy atom. The van der Waals surface area contributed by atoms with E-state index in [1.54, 1.807) is 4.90 Å². The van der Waals surface area contributed by atoms with E-state index in [0.717, 1.165) is 0 Å². The van der Waals surface area contributed by atoms with Gasteiger partial charge in [-0.3, -0.25) is 4.79 Å². The molecule has 7 heteroatoms. The number of esters is 1. The highest BCUT2D eigenvalue weighted by Crippen LogP contribution is 2.27. The molecule has 0 atom stereocenters. The Labute approximate surface area is 105 Å². The van der Waals surface area contributed by atoms with Gasteiger partial charge in [-0.1, -0.05) is 11.6 Å². The van der Waals surface area contributed by atoms with Crippen molar-refractivity contribution in [3.05, 3.63) is 11.3 Å². The van der Waals surface area contributed by atoms with Gasteiger partial charge < -0.3 is 15.4 Å². The van der Waals surface area contributed by atoms with E-state index in [-0.39, 0.29) is 29.4 Å². The highest BCUT2D eigenvalue weighted by atomic mass is 35.5. The number of hydrogen-bond donors (Lipinski definition) is 1. The molecule has 0 fully saturated rings. The minimum absolute atomic E-state index is 0.0286. The van der Waals surface area contributed by atoms with Crippen molar-refractivity contribution in [2.24, 2.45) is 0 Å². The van der Waals surface area contributed by atoms with Crippen molar-refractivity contribution in [2.75, 3.05) is 24.3 Å². The van der Waals surface area contributed by atoms with E-state index >= 15 is 0 Å². The molecule has 0 saturated heterocycles. The van der Waals surface area contributed by atoms with Crippen LogP contribution in [-0.2, 0) is 9.53 Å². The van der Waals surface area contributed by atoms with E-state index in [2.05, 4.69) is 14.7 Å². The van der Waals surface area contributed by atoms with E-state index in [4.69, 9.17) is 17.3 Å². The fraction of sp³-hybridized carbons (Fsp3) is 0.500. The van der Waals surface area contributed by atoms with E-state index in [1.165, 1.54) is 13.4 Å². The third-order valence-electron chi connectivity index (χ3n) is 2.22. The lowest BCUT2D eigenvalue weighted by Gasteiger charge is -2.27. The Balaban J connectivity index is 3.06. The summed E-state index contributed by atoms with van der Waals surface area (Å²) in [6.45, 7) is 3.89. The lowest BCUT2D eigenvalue weighted by molar-refractivity contribution is -0.139. The highest BCUT2D eigenvalue weighted by Gasteiger charge is 2.20. The molecule has 2 N–H and O–H groups in total. The van der Waals surface area contributed by atoms with Crippen molar-refractivity contribution >= 4 is 29.2 Å². The fourth-order valence-corrected chi connectivity index (χ4v) is 1.49. The Hall–Kier alpha value is -1.56. The Bertz CT molecular complexity index is 411. The summed E-state index contributed by atoms with van der Waals surface area (Å²) in [6, 6.07) is 0.0286. The number of anilines is 2. The molecule has 1 rings (SSSR count). The molecule has 0 spiro atoms. The van der Waals surface area contributed by atoms with Crippen LogP contribution in [0.25, 0.3) is 0 Å². The molecule has 17 heavy (non-hydrogen) atoms. The molecule has 0 aliphatic heterocycles. The number of nitrogen functional groups attached to an aromatic ring is 1. The maximum atomic E-state index is 11.3. The number of hydrogen-bond acceptors (Lipinski definition) is 6. The largest absolute Gasteiger partial charge is 0.468 e. The van der Waals surface area contributed by atoms with Gasteiger partial charge in [0.15, 0.2) is 5.82 Å². The van der Waals surface area contributed by atoms with E-state index < -0.39 is 0 Å². The summed E-state index contributed by atoms with van der Waals surface area (Å²) in [7, 11) is 1.33. The van der Waals surface area contributed by atoms with Gasteiger partial charge in [0, 0.05) is 6.04 Å². The first kappa shape index (κ1) is 13.5. The SMILES string of the molecule is COC(=O)CN(c1ncnc(N)c1Cl)C(C)C. The van der Waals surface area contributed by atoms with Crippen LogP contribution >= 0.6 is 11.6 Å². The van der Waals surface area contributed by atoms with Crippen LogP contribution in [-0.4, -0.2) is 35.6 Å². The Morgan fingerprint density at radius 1 is 1.59 bits per heavy atom. The third kappa shape index (κ3) is 3.20. The molecule has 1 aromatic rings. The van der Waals surface area contributed by atoms with Gasteiger partial charge in [-0.25, -0.2) is 9.97 Å². The van der Waals surface area contributed by atoms with Crippen molar-refractivity contribution in [1.82, 2.24) is 9.97 Å². The number of rotatable bonds is 4. The maximum absolute atomic E-state index is 11.3. The quantitative estimate of drug-likeness (QED) is 0.815. The number of nitrogens with zero attached hydrogens (tertiary/aromatic N) is 3. The predicted molar refractivity (Wildman–Crippen MR) is 66.0 cm³/mol. The zero-order chi connectivity index (χ0) is 13.0. The molecule has 0 bridgehead atoms. The van der Waals surface area contributed by atoms with Crippen LogP contribution < -0.4 is 10.6 Å². The van der Waals surface area contributed by atoms with Gasteiger partial charge in [0.2, 0.25) is 0 Å². The summed E-state index contributed by atoms with van der Waals surface area (Å²) in [5.41, 5.74) is 5.60. The molecule has 1 aromatic heterocycles. The van der Waals surface area contributed by atoms with Crippen molar-refractivity contribution in [3.63, 3.8) is 0 Å². The van der Waals surface area contributed by atoms with Gasteiger partial charge in [0.05, 0.1) is 7.11 Å². The second-order valence-corrected chi connectivity index (χ2v) is 4.07. The Kier molecular flexibility index (Phi) is 4.51. The fourth-order valence-electron chi connectivity index (χ4n) is 1.28. The second-order valence-electron chi connectivity index (χ2n) is 3.69. The highest BCUT2D eigenvalue weighted by molar-refractivity contribution is 6.35. The molecular weight excluding hydrogens is 244 g/mol. The zero-order valence-electron chi connectivity index (χ0n) is 9.98. The first-order valence-corrected chi connectivity index (χ1v) is 5.44. The number of aromatic nitrogens is 2. The van der Waals surface area contributed by atoms with Gasteiger partial charge in [-0.05, 0) is 13.8 Å². The molecule has 0 unspecified atom stereocenters. The summed E-state index contributed by atoms with van der Waals surface area (Å²) in [5.74, 6) is 0.249. The number of methoxy groups -OCH3 is 1. The van der Waals surface area contributed by atoms with E-state index in [0.29, 0.717) is 5.82 Å². The van der Waals surface area contributed by atoms with Crippen molar-refractivity contribution in [3.8, 4) is 0 Å². The van der Waals surface area contributed by atoms with Crippen LogP contribution in [0.15, 0.2) is 6.33 Å². The first-order valence-electron chi connectivity index (χ1n) is 5.06. The van der Waals surface area contributed by atoms with Gasteiger partial charge in [-0.15, -0.1) is 0 Å². The molecule has 6 nitrogen and oxygen atoms in total. The number of nitrogens with two attached hydrogens (primary N) is 1. The Morgan fingerprint density at radius 2 is 2.24 bits per heavy atom. The lowest BCUT2D eigenvalue weighted by atomic mass is 10.3. The molecule has 0 aliphatic rings. The minimum atomic E-state index is -0.369. The number of halogens is 1. The second kappa shape index (κ2) is 5.67. The molecule has 94 valence electrons. The molecule has 1 heterocycles. The van der Waals surface area contributed by atoms with Crippen LogP contribution in [0.3, 0.4) is 0 Å². The zero-order valence-corrected chi connectivity index (χ0v) is 10.7. The first-order chi connectivity index (χ1) is 7.97. The van der Waals surface area contributed by atoms with Crippen LogP contribution in [0.2, 0.25) is 5.02 Å². The maximum Gasteiger partial charge on any atom is 0.325 e. The topological polar surface area (TPSA) is 81.3 Å². The summed E-state index contributed by atoms with van der Waals surface area (Å²) in [4.78, 5) is 20.8. The average molecular weight is 259 g/mol. The number of carbonyl (C=O) groups excluding carboxylic acids is 1. The van der Waals surface area contributed by atoms with Crippen LogP contribution in [0.5, 0.6) is 0 Å². The summed E-state index contributed by atoms with van der Waals surface area (Å²) in [6.07, 6.45) is 1.31. The standard InChI is InChI=1S/C10H15ClN4O2/c1-6(2)15(4-7(16)17-3)10-8(11)9(12)13-5-14-10/h5-6H,4H2,1-3H3,(H2,12,13,14). The monoisotopic (exact) mass is 258 g/mol. The smallest absolute Gasteiger partial charge is 0.325 e. The van der Waals surface area contributed by atoms with Gasteiger partial charge in [0.1, 0.15) is 23.7 Å². The van der Waals surface area contributed by atoms with Crippen LogP contribution in [0.1, 0.15) is 13.8 Å². The summed E-state index contributed by atoms with van der Waals surface area (Å²) < 4.78 is 4.62. The average Bonchev–Trinajstić information content (AvgIpc) is 2.29. The third-order valence-corrected chi connectivity index (χ3v) is 2.58. The molecule has 0 aromatic carbocycles. The summed E-state index contributed by atoms with van der Waals surface area (Å²) >= 11 is 6.01.